The predicted molar refractivity (Wildman–Crippen MR) is 194 cm³/mol. The molecule has 2 aromatic heterocycles. The van der Waals surface area contributed by atoms with E-state index in [1.54, 1.807) is 72.8 Å². The van der Waals surface area contributed by atoms with E-state index in [1.807, 2.05) is 33.4 Å². The Morgan fingerprint density at radius 3 is 0.885 bits per heavy atom. The van der Waals surface area contributed by atoms with Gasteiger partial charge in [-0.05, 0) is 84.4 Å². The number of rotatable bonds is 3. The molecule has 234 valence electrons. The summed E-state index contributed by atoms with van der Waals surface area (Å²) in [5.74, 6) is 0. The highest BCUT2D eigenvalue weighted by Crippen LogP contribution is 2.43. The van der Waals surface area contributed by atoms with Gasteiger partial charge < -0.3 is 9.13 Å². The average Bonchev–Trinajstić information content (AvgIpc) is 3.70. The molecule has 52 heavy (non-hydrogen) atoms. The molecule has 0 saturated heterocycles. The number of hydrogen-bond acceptors (Lipinski definition) is 7. The van der Waals surface area contributed by atoms with Crippen LogP contribution in [0.25, 0.3) is 66.1 Å². The van der Waals surface area contributed by atoms with E-state index < -0.39 is 0 Å². The minimum Gasteiger partial charge on any atom is -0.308 e. The minimum absolute atomic E-state index is 0.233. The van der Waals surface area contributed by atoms with Crippen molar-refractivity contribution in [2.45, 2.75) is 0 Å². The maximum Gasteiger partial charge on any atom is 0.0993 e. The van der Waals surface area contributed by atoms with Crippen LogP contribution >= 0.6 is 0 Å². The second kappa shape index (κ2) is 11.8. The molecule has 0 amide bonds. The number of aromatic nitrogens is 2. The fraction of sp³-hybridized carbons (Fsp3) is 0. The van der Waals surface area contributed by atoms with Crippen LogP contribution in [0, 0.1) is 79.3 Å². The monoisotopic (exact) mass is 659 g/mol. The zero-order valence-electron chi connectivity index (χ0n) is 26.8. The second-order valence-electron chi connectivity index (χ2n) is 12.1. The summed E-state index contributed by atoms with van der Waals surface area (Å²) >= 11 is 0. The maximum absolute atomic E-state index is 10.6. The summed E-state index contributed by atoms with van der Waals surface area (Å²) < 4.78 is 3.79. The first-order chi connectivity index (χ1) is 25.4. The standard InChI is InChI=1S/C43H17N9/c44-18-25-1-5-33-34-6-2-26(19-45)13-38(34)51(37(33)12-25)41-16-31(24-50)17-42(43(41)32-10-29(22-48)9-30(11-32)23-49)52-39-14-27(20-46)3-7-35(39)36-8-4-28(21-47)15-40(36)52/h1-17H. The van der Waals surface area contributed by atoms with Crippen LogP contribution < -0.4 is 0 Å². The quantitative estimate of drug-likeness (QED) is 0.182. The van der Waals surface area contributed by atoms with E-state index in [0.29, 0.717) is 66.8 Å². The summed E-state index contributed by atoms with van der Waals surface area (Å²) in [6.07, 6.45) is 0. The molecule has 0 atom stereocenters. The van der Waals surface area contributed by atoms with Gasteiger partial charge in [-0.15, -0.1) is 0 Å². The molecule has 0 unspecified atom stereocenters. The SMILES string of the molecule is N#Cc1cc(C#N)cc(-c2c(-n3c4cc(C#N)ccc4c4ccc(C#N)cc43)cc(C#N)cc2-n2c3cc(C#N)ccc3c3ccc(C#N)cc32)c1. The molecule has 0 N–H and O–H groups in total. The summed E-state index contributed by atoms with van der Waals surface area (Å²) in [5, 5.41) is 73.7. The molecule has 0 fully saturated rings. The van der Waals surface area contributed by atoms with Gasteiger partial charge in [0.15, 0.2) is 0 Å². The Morgan fingerprint density at radius 2 is 0.596 bits per heavy atom. The zero-order valence-corrected chi connectivity index (χ0v) is 26.8. The van der Waals surface area contributed by atoms with Crippen LogP contribution in [0.3, 0.4) is 0 Å². The molecule has 0 bridgehead atoms. The highest BCUT2D eigenvalue weighted by Gasteiger charge is 2.24. The van der Waals surface area contributed by atoms with Crippen LogP contribution in [0.15, 0.2) is 103 Å². The van der Waals surface area contributed by atoms with Gasteiger partial charge in [0.25, 0.3) is 0 Å². The van der Waals surface area contributed by atoms with Gasteiger partial charge in [-0.2, -0.15) is 36.8 Å². The van der Waals surface area contributed by atoms with Crippen LogP contribution in [0.5, 0.6) is 0 Å². The van der Waals surface area contributed by atoms with Crippen molar-refractivity contribution in [1.82, 2.24) is 9.13 Å². The molecular formula is C43H17N9. The molecule has 2 heterocycles. The summed E-state index contributed by atoms with van der Waals surface area (Å²) in [4.78, 5) is 0. The molecule has 8 aromatic rings. The zero-order chi connectivity index (χ0) is 36.1. The third-order valence-corrected chi connectivity index (χ3v) is 9.24. The van der Waals surface area contributed by atoms with Gasteiger partial charge >= 0.3 is 0 Å². The topological polar surface area (TPSA) is 176 Å². The van der Waals surface area contributed by atoms with E-state index in [9.17, 15) is 36.8 Å². The lowest BCUT2D eigenvalue weighted by Crippen LogP contribution is -2.06. The molecule has 0 aliphatic rings. The van der Waals surface area contributed by atoms with Crippen molar-refractivity contribution in [3.05, 3.63) is 142 Å². The van der Waals surface area contributed by atoms with Gasteiger partial charge in [-0.1, -0.05) is 24.3 Å². The van der Waals surface area contributed by atoms with Crippen molar-refractivity contribution in [2.24, 2.45) is 0 Å². The number of nitrogens with zero attached hydrogens (tertiary/aromatic N) is 9. The number of hydrogen-bond donors (Lipinski definition) is 0. The third-order valence-electron chi connectivity index (χ3n) is 9.24. The van der Waals surface area contributed by atoms with Gasteiger partial charge in [0, 0.05) is 27.1 Å². The van der Waals surface area contributed by atoms with Gasteiger partial charge in [0.2, 0.25) is 0 Å². The van der Waals surface area contributed by atoms with E-state index >= 15 is 0 Å². The first-order valence-corrected chi connectivity index (χ1v) is 15.7. The Kier molecular flexibility index (Phi) is 6.96. The van der Waals surface area contributed by atoms with Crippen LogP contribution in [-0.4, -0.2) is 9.13 Å². The smallest absolute Gasteiger partial charge is 0.0993 e. The minimum atomic E-state index is 0.233. The average molecular weight is 660 g/mol. The van der Waals surface area contributed by atoms with Crippen LogP contribution in [0.1, 0.15) is 38.9 Å². The van der Waals surface area contributed by atoms with Crippen LogP contribution in [-0.2, 0) is 0 Å². The maximum atomic E-state index is 10.6. The Labute approximate surface area is 295 Å². The molecule has 0 aliphatic carbocycles. The summed E-state index contributed by atoms with van der Waals surface area (Å²) in [7, 11) is 0. The molecule has 9 heteroatoms. The molecule has 8 rings (SSSR count). The first-order valence-electron chi connectivity index (χ1n) is 15.7. The lowest BCUT2D eigenvalue weighted by atomic mass is 9.95. The predicted octanol–water partition coefficient (Wildman–Crippen LogP) is 8.65. The molecular weight excluding hydrogens is 643 g/mol. The first kappa shape index (κ1) is 30.7. The van der Waals surface area contributed by atoms with E-state index in [4.69, 9.17) is 0 Å². The van der Waals surface area contributed by atoms with E-state index in [-0.39, 0.29) is 16.7 Å². The van der Waals surface area contributed by atoms with Gasteiger partial charge in [-0.25, -0.2) is 0 Å². The number of fused-ring (bicyclic) bond motifs is 6. The Bertz CT molecular complexity index is 2870. The van der Waals surface area contributed by atoms with Gasteiger partial charge in [0.05, 0.1) is 115 Å². The van der Waals surface area contributed by atoms with Crippen LogP contribution in [0.2, 0.25) is 0 Å². The molecule has 0 spiro atoms. The summed E-state index contributed by atoms with van der Waals surface area (Å²) in [5.41, 5.74) is 6.75. The number of nitriles is 7. The molecule has 0 radical (unpaired) electrons. The summed E-state index contributed by atoms with van der Waals surface area (Å²) in [6.45, 7) is 0. The van der Waals surface area contributed by atoms with Crippen molar-refractivity contribution < 1.29 is 0 Å². The normalized spacial score (nSPS) is 10.6. The second-order valence-corrected chi connectivity index (χ2v) is 12.1. The number of benzene rings is 6. The van der Waals surface area contributed by atoms with Gasteiger partial charge in [0.1, 0.15) is 0 Å². The highest BCUT2D eigenvalue weighted by molar-refractivity contribution is 6.12. The fourth-order valence-electron chi connectivity index (χ4n) is 7.06. The van der Waals surface area contributed by atoms with Crippen molar-refractivity contribution in [3.63, 3.8) is 0 Å². The van der Waals surface area contributed by atoms with E-state index in [0.717, 1.165) is 21.5 Å². The highest BCUT2D eigenvalue weighted by atomic mass is 15.0. The Balaban J connectivity index is 1.67. The molecule has 0 saturated carbocycles. The molecule has 0 aliphatic heterocycles. The van der Waals surface area contributed by atoms with Crippen molar-refractivity contribution in [1.29, 1.82) is 36.8 Å². The summed E-state index contributed by atoms with van der Waals surface area (Å²) in [6, 6.07) is 44.9. The fourth-order valence-corrected chi connectivity index (χ4v) is 7.06. The lowest BCUT2D eigenvalue weighted by Gasteiger charge is -2.21. The third kappa shape index (κ3) is 4.57. The van der Waals surface area contributed by atoms with Crippen molar-refractivity contribution >= 4 is 43.6 Å². The van der Waals surface area contributed by atoms with Crippen LogP contribution in [0.4, 0.5) is 0 Å². The van der Waals surface area contributed by atoms with Gasteiger partial charge in [-0.3, -0.25) is 0 Å². The van der Waals surface area contributed by atoms with E-state index in [2.05, 4.69) is 42.5 Å². The largest absolute Gasteiger partial charge is 0.308 e. The molecule has 6 aromatic carbocycles. The van der Waals surface area contributed by atoms with E-state index in [1.165, 1.54) is 6.07 Å². The van der Waals surface area contributed by atoms with Crippen molar-refractivity contribution in [3.8, 4) is 65.0 Å². The Morgan fingerprint density at radius 1 is 0.308 bits per heavy atom. The lowest BCUT2D eigenvalue weighted by molar-refractivity contribution is 1.13. The van der Waals surface area contributed by atoms with Crippen molar-refractivity contribution in [2.75, 3.05) is 0 Å². The molecule has 9 nitrogen and oxygen atoms in total. The Hall–Kier alpha value is -8.65.